The summed E-state index contributed by atoms with van der Waals surface area (Å²) in [6.45, 7) is 1.44. The maximum absolute atomic E-state index is 11.0. The Morgan fingerprint density at radius 1 is 1.31 bits per heavy atom. The molecule has 72 valence electrons. The van der Waals surface area contributed by atoms with Crippen LogP contribution in [0.2, 0.25) is 0 Å². The van der Waals surface area contributed by atoms with Gasteiger partial charge in [-0.3, -0.25) is 4.79 Å². The van der Waals surface area contributed by atoms with E-state index in [0.29, 0.717) is 5.56 Å². The van der Waals surface area contributed by atoms with Crippen LogP contribution in [-0.2, 0) is 9.84 Å². The zero-order valence-corrected chi connectivity index (χ0v) is 8.26. The van der Waals surface area contributed by atoms with Crippen molar-refractivity contribution in [1.82, 2.24) is 0 Å². The van der Waals surface area contributed by atoms with E-state index in [1.807, 2.05) is 0 Å². The van der Waals surface area contributed by atoms with Crippen LogP contribution in [-0.4, -0.2) is 20.5 Å². The molecule has 0 aromatic heterocycles. The van der Waals surface area contributed by atoms with Crippen molar-refractivity contribution in [3.8, 4) is 0 Å². The van der Waals surface area contributed by atoms with Crippen LogP contribution in [0, 0.1) is 0 Å². The van der Waals surface area contributed by atoms with Crippen molar-refractivity contribution in [2.75, 3.05) is 6.26 Å². The molecule has 0 unspecified atom stereocenters. The van der Waals surface area contributed by atoms with Crippen LogP contribution in [0.4, 0.5) is 0 Å². The lowest BCUT2D eigenvalue weighted by Crippen LogP contribution is -1.98. The van der Waals surface area contributed by atoms with Gasteiger partial charge in [0.25, 0.3) is 0 Å². The van der Waals surface area contributed by atoms with E-state index in [0.717, 1.165) is 6.26 Å². The van der Waals surface area contributed by atoms with Crippen molar-refractivity contribution in [1.29, 1.82) is 0 Å². The second-order valence-corrected chi connectivity index (χ2v) is 4.87. The zero-order chi connectivity index (χ0) is 12.1. The average Bonchev–Trinajstić information content (AvgIpc) is 2.20. The topological polar surface area (TPSA) is 51.2 Å². The van der Waals surface area contributed by atoms with Gasteiger partial charge < -0.3 is 0 Å². The third-order valence-electron chi connectivity index (χ3n) is 1.69. The van der Waals surface area contributed by atoms with E-state index in [-0.39, 0.29) is 10.7 Å². The Balaban J connectivity index is 0.000000921. The normalized spacial score (nSPS) is 11.8. The summed E-state index contributed by atoms with van der Waals surface area (Å²) >= 11 is 0. The lowest BCUT2D eigenvalue weighted by molar-refractivity contribution is 0.101. The second kappa shape index (κ2) is 3.30. The molecule has 0 amide bonds. The fourth-order valence-electron chi connectivity index (χ4n) is 0.937. The van der Waals surface area contributed by atoms with E-state index in [4.69, 9.17) is 2.97 Å². The molecule has 1 rings (SSSR count). The Hall–Kier alpha value is -1.16. The molecule has 1 aromatic carbocycles. The van der Waals surface area contributed by atoms with Gasteiger partial charge in [0.2, 0.25) is 0 Å². The highest BCUT2D eigenvalue weighted by atomic mass is 32.2. The fourth-order valence-corrected chi connectivity index (χ4v) is 1.57. The number of Topliss-reactive ketones (excluding diaryl/α,β-unsaturated/α-hetero) is 1. The molecule has 0 radical (unpaired) electrons. The second-order valence-electron chi connectivity index (χ2n) is 2.85. The number of ketones is 1. The van der Waals surface area contributed by atoms with Crippen LogP contribution in [0.5, 0.6) is 0 Å². The van der Waals surface area contributed by atoms with Crippen LogP contribution >= 0.6 is 0 Å². The summed E-state index contributed by atoms with van der Waals surface area (Å²) in [7, 11) is -3.16. The number of carbonyl (C=O) groups excluding carboxylic acids is 1. The molecule has 1 aromatic rings. The van der Waals surface area contributed by atoms with E-state index >= 15 is 0 Å². The Morgan fingerprint density at radius 3 is 2.08 bits per heavy atom. The molecule has 0 aliphatic heterocycles. The highest BCUT2D eigenvalue weighted by molar-refractivity contribution is 7.90. The summed E-state index contributed by atoms with van der Waals surface area (Å²) in [6.07, 6.45) is 1.13. The van der Waals surface area contributed by atoms with Gasteiger partial charge in [0.1, 0.15) is 0 Å². The maximum Gasteiger partial charge on any atom is 0.175 e. The summed E-state index contributed by atoms with van der Waals surface area (Å²) < 4.78 is 32.1. The first-order valence-electron chi connectivity index (χ1n) is 4.72. The largest absolute Gasteiger partial charge is 0.295 e. The maximum atomic E-state index is 11.0. The smallest absolute Gasteiger partial charge is 0.175 e. The number of carbonyl (C=O) groups is 1. The van der Waals surface area contributed by atoms with E-state index < -0.39 is 9.84 Å². The molecule has 0 aliphatic carbocycles. The third kappa shape index (κ3) is 2.39. The monoisotopic (exact) mass is 202 g/mol. The first kappa shape index (κ1) is 8.44. The lowest BCUT2D eigenvalue weighted by Gasteiger charge is -1.98. The molecule has 4 heteroatoms. The van der Waals surface area contributed by atoms with Crippen molar-refractivity contribution in [3.05, 3.63) is 29.8 Å². The first-order valence-corrected chi connectivity index (χ1v) is 5.61. The van der Waals surface area contributed by atoms with Gasteiger partial charge in [-0.1, -0.05) is 12.1 Å². The summed E-state index contributed by atoms with van der Waals surface area (Å²) in [4.78, 5) is 11.1. The molecule has 0 aliphatic rings. The average molecular weight is 202 g/mol. The zero-order valence-electron chi connectivity index (χ0n) is 9.44. The molecule has 0 saturated heterocycles. The van der Waals surface area contributed by atoms with E-state index in [1.165, 1.54) is 31.2 Å². The summed E-state index contributed by atoms with van der Waals surface area (Å²) in [5.74, 6) is -0.0694. The van der Waals surface area contributed by atoms with Gasteiger partial charge in [-0.2, -0.15) is 0 Å². The number of benzene rings is 1. The van der Waals surface area contributed by atoms with Crippen LogP contribution in [0.3, 0.4) is 0 Å². The lowest BCUT2D eigenvalue weighted by atomic mass is 10.2. The predicted molar refractivity (Wildman–Crippen MR) is 51.7 cm³/mol. The van der Waals surface area contributed by atoms with Crippen LogP contribution in [0.15, 0.2) is 29.2 Å². The van der Waals surface area contributed by atoms with Crippen molar-refractivity contribution in [3.63, 3.8) is 0 Å². The van der Waals surface area contributed by atoms with Crippen molar-refractivity contribution in [2.24, 2.45) is 0 Å². The van der Waals surface area contributed by atoms with Gasteiger partial charge >= 0.3 is 0 Å². The number of rotatable bonds is 2. The standard InChI is InChI=1S/C9H10O3S.H2/c1-7(10)8-3-5-9(6-4-8)13(2,11)12;/h3-6H,1-2H3;1H/i;1+1D. The Bertz CT molecular complexity index is 423. The number of sulfone groups is 1. The molecule has 0 fully saturated rings. The number of hydrogen-bond acceptors (Lipinski definition) is 3. The molecule has 13 heavy (non-hydrogen) atoms. The van der Waals surface area contributed by atoms with Gasteiger partial charge in [-0.15, -0.1) is 0 Å². The number of hydrogen-bond donors (Lipinski definition) is 0. The molecular weight excluding hydrogens is 188 g/mol. The van der Waals surface area contributed by atoms with Crippen LogP contribution in [0.1, 0.15) is 20.3 Å². The molecule has 3 nitrogen and oxygen atoms in total. The van der Waals surface area contributed by atoms with Gasteiger partial charge in [-0.05, 0) is 19.1 Å². The minimum absolute atomic E-state index is 0.0694. The van der Waals surface area contributed by atoms with Crippen molar-refractivity contribution in [2.45, 2.75) is 11.8 Å². The Morgan fingerprint density at radius 2 is 1.77 bits per heavy atom. The minimum Gasteiger partial charge on any atom is -0.295 e. The van der Waals surface area contributed by atoms with Gasteiger partial charge in [0.05, 0.1) is 4.90 Å². The Kier molecular flexibility index (Phi) is 2.14. The van der Waals surface area contributed by atoms with Crippen LogP contribution < -0.4 is 0 Å². The molecule has 0 bridgehead atoms. The molecule has 0 atom stereocenters. The summed E-state index contributed by atoms with van der Waals surface area (Å²) in [5, 5.41) is 0. The van der Waals surface area contributed by atoms with Gasteiger partial charge in [-0.25, -0.2) is 8.42 Å². The van der Waals surface area contributed by atoms with Gasteiger partial charge in [0, 0.05) is 14.8 Å². The SMILES string of the molecule is CC(=O)c1ccc(S(C)(=O)=O)cc1.[2H][2H]. The first-order chi connectivity index (χ1) is 6.91. The summed E-state index contributed by atoms with van der Waals surface area (Å²) in [6, 6.07) is 5.90. The van der Waals surface area contributed by atoms with Gasteiger partial charge in [0.15, 0.2) is 15.6 Å². The summed E-state index contributed by atoms with van der Waals surface area (Å²) in [5.41, 5.74) is 0.521. The van der Waals surface area contributed by atoms with Crippen molar-refractivity contribution < 1.29 is 16.2 Å². The quantitative estimate of drug-likeness (QED) is 0.683. The highest BCUT2D eigenvalue weighted by Gasteiger charge is 2.06. The molecule has 0 spiro atoms. The van der Waals surface area contributed by atoms with E-state index in [9.17, 15) is 13.2 Å². The Labute approximate surface area is 80.4 Å². The highest BCUT2D eigenvalue weighted by Crippen LogP contribution is 2.10. The molecule has 0 N–H and O–H groups in total. The molecule has 0 saturated carbocycles. The van der Waals surface area contributed by atoms with Crippen molar-refractivity contribution >= 4 is 15.6 Å². The molecule has 0 heterocycles. The van der Waals surface area contributed by atoms with E-state index in [1.54, 1.807) is 0 Å². The van der Waals surface area contributed by atoms with E-state index in [2.05, 4.69) is 0 Å². The third-order valence-corrected chi connectivity index (χ3v) is 2.82. The minimum atomic E-state index is -3.16. The van der Waals surface area contributed by atoms with Crippen LogP contribution in [0.25, 0.3) is 0 Å². The fraction of sp³-hybridized carbons (Fsp3) is 0.222. The molecular formula is C9H12O3S. The predicted octanol–water partition coefficient (Wildman–Crippen LogP) is 1.54.